The monoisotopic (exact) mass is 234 g/mol. The predicted molar refractivity (Wildman–Crippen MR) is 75.5 cm³/mol. The fourth-order valence-electron chi connectivity index (χ4n) is 2.13. The number of pyridine rings is 1. The second-order valence-electron chi connectivity index (χ2n) is 4.34. The number of aryl methyl sites for hydroxylation is 1. The summed E-state index contributed by atoms with van der Waals surface area (Å²) in [5.74, 6) is 0. The van der Waals surface area contributed by atoms with E-state index < -0.39 is 0 Å². The molecule has 0 radical (unpaired) electrons. The van der Waals surface area contributed by atoms with E-state index in [1.54, 1.807) is 0 Å². The molecule has 3 rings (SSSR count). The molecule has 0 fully saturated rings. The quantitative estimate of drug-likeness (QED) is 0.656. The van der Waals surface area contributed by atoms with Gasteiger partial charge in [0.05, 0.1) is 11.4 Å². The SMILES string of the molecule is C=Cc1c(-c2ccc(C)cc2)nc2ccccn12. The number of hydrogen-bond acceptors (Lipinski definition) is 1. The minimum Gasteiger partial charge on any atom is -0.300 e. The van der Waals surface area contributed by atoms with Crippen LogP contribution in [0.25, 0.3) is 23.0 Å². The van der Waals surface area contributed by atoms with Gasteiger partial charge in [-0.2, -0.15) is 0 Å². The number of aromatic nitrogens is 2. The Morgan fingerprint density at radius 1 is 1.11 bits per heavy atom. The Kier molecular flexibility index (Phi) is 2.49. The van der Waals surface area contributed by atoms with Crippen molar-refractivity contribution in [2.24, 2.45) is 0 Å². The molecule has 3 aromatic rings. The van der Waals surface area contributed by atoms with Crippen LogP contribution in [0.2, 0.25) is 0 Å². The van der Waals surface area contributed by atoms with E-state index in [1.165, 1.54) is 5.56 Å². The van der Waals surface area contributed by atoms with Crippen LogP contribution in [0.3, 0.4) is 0 Å². The smallest absolute Gasteiger partial charge is 0.137 e. The second kappa shape index (κ2) is 4.15. The van der Waals surface area contributed by atoms with E-state index in [4.69, 9.17) is 0 Å². The molecule has 0 atom stereocenters. The van der Waals surface area contributed by atoms with Crippen molar-refractivity contribution in [3.8, 4) is 11.3 Å². The van der Waals surface area contributed by atoms with E-state index >= 15 is 0 Å². The maximum absolute atomic E-state index is 4.68. The number of imidazole rings is 1. The molecule has 0 unspecified atom stereocenters. The largest absolute Gasteiger partial charge is 0.300 e. The molecule has 0 amide bonds. The van der Waals surface area contributed by atoms with Crippen LogP contribution in [-0.2, 0) is 0 Å². The summed E-state index contributed by atoms with van der Waals surface area (Å²) in [6.45, 7) is 5.98. The maximum atomic E-state index is 4.68. The van der Waals surface area contributed by atoms with Gasteiger partial charge in [0.25, 0.3) is 0 Å². The van der Waals surface area contributed by atoms with Gasteiger partial charge in [-0.05, 0) is 25.1 Å². The highest BCUT2D eigenvalue weighted by Crippen LogP contribution is 2.25. The van der Waals surface area contributed by atoms with Gasteiger partial charge in [-0.1, -0.05) is 42.5 Å². The molecule has 0 bridgehead atoms. The molecule has 2 heterocycles. The first-order chi connectivity index (χ1) is 8.79. The van der Waals surface area contributed by atoms with Gasteiger partial charge in [-0.25, -0.2) is 4.98 Å². The molecule has 2 nitrogen and oxygen atoms in total. The van der Waals surface area contributed by atoms with E-state index in [0.29, 0.717) is 0 Å². The molecule has 88 valence electrons. The predicted octanol–water partition coefficient (Wildman–Crippen LogP) is 3.95. The molecule has 0 aliphatic carbocycles. The van der Waals surface area contributed by atoms with Crippen molar-refractivity contribution in [2.45, 2.75) is 6.92 Å². The Bertz CT molecular complexity index is 706. The Morgan fingerprint density at radius 2 is 1.89 bits per heavy atom. The van der Waals surface area contributed by atoms with E-state index in [1.807, 2.05) is 30.5 Å². The highest BCUT2D eigenvalue weighted by atomic mass is 15.0. The molecule has 0 spiro atoms. The summed E-state index contributed by atoms with van der Waals surface area (Å²) in [6.07, 6.45) is 3.87. The van der Waals surface area contributed by atoms with Gasteiger partial charge in [0, 0.05) is 11.8 Å². The lowest BCUT2D eigenvalue weighted by molar-refractivity contribution is 1.17. The lowest BCUT2D eigenvalue weighted by Gasteiger charge is -2.00. The Labute approximate surface area is 106 Å². The first kappa shape index (κ1) is 10.8. The summed E-state index contributed by atoms with van der Waals surface area (Å²) in [6, 6.07) is 14.4. The van der Waals surface area contributed by atoms with Gasteiger partial charge in [0.2, 0.25) is 0 Å². The number of hydrogen-bond donors (Lipinski definition) is 0. The van der Waals surface area contributed by atoms with Crippen LogP contribution in [0.15, 0.2) is 55.2 Å². The van der Waals surface area contributed by atoms with Crippen LogP contribution in [0.5, 0.6) is 0 Å². The lowest BCUT2D eigenvalue weighted by Crippen LogP contribution is -1.86. The number of rotatable bonds is 2. The molecule has 18 heavy (non-hydrogen) atoms. The van der Waals surface area contributed by atoms with Crippen LogP contribution in [0, 0.1) is 6.92 Å². The van der Waals surface area contributed by atoms with Crippen LogP contribution in [0.1, 0.15) is 11.3 Å². The van der Waals surface area contributed by atoms with Gasteiger partial charge in [0.1, 0.15) is 5.65 Å². The molecule has 0 N–H and O–H groups in total. The van der Waals surface area contributed by atoms with Crippen LogP contribution in [0.4, 0.5) is 0 Å². The molecular weight excluding hydrogens is 220 g/mol. The molecule has 1 aromatic carbocycles. The van der Waals surface area contributed by atoms with Crippen molar-refractivity contribution in [1.29, 1.82) is 0 Å². The van der Waals surface area contributed by atoms with Crippen molar-refractivity contribution < 1.29 is 0 Å². The Balaban J connectivity index is 2.28. The van der Waals surface area contributed by atoms with Gasteiger partial charge >= 0.3 is 0 Å². The summed E-state index contributed by atoms with van der Waals surface area (Å²) in [5.41, 5.74) is 5.34. The van der Waals surface area contributed by atoms with Gasteiger partial charge < -0.3 is 0 Å². The third-order valence-electron chi connectivity index (χ3n) is 3.09. The zero-order chi connectivity index (χ0) is 12.5. The number of fused-ring (bicyclic) bond motifs is 1. The highest BCUT2D eigenvalue weighted by molar-refractivity contribution is 5.73. The van der Waals surface area contributed by atoms with Crippen LogP contribution >= 0.6 is 0 Å². The molecular formula is C16H14N2. The topological polar surface area (TPSA) is 17.3 Å². The fourth-order valence-corrected chi connectivity index (χ4v) is 2.13. The normalized spacial score (nSPS) is 10.7. The van der Waals surface area contributed by atoms with E-state index in [0.717, 1.165) is 22.6 Å². The fraction of sp³-hybridized carbons (Fsp3) is 0.0625. The summed E-state index contributed by atoms with van der Waals surface area (Å²) >= 11 is 0. The Hall–Kier alpha value is -2.35. The summed E-state index contributed by atoms with van der Waals surface area (Å²) in [7, 11) is 0. The van der Waals surface area contributed by atoms with Crippen molar-refractivity contribution >= 4 is 11.7 Å². The van der Waals surface area contributed by atoms with Crippen molar-refractivity contribution in [2.75, 3.05) is 0 Å². The van der Waals surface area contributed by atoms with Crippen molar-refractivity contribution in [3.63, 3.8) is 0 Å². The zero-order valence-corrected chi connectivity index (χ0v) is 10.3. The Morgan fingerprint density at radius 3 is 2.61 bits per heavy atom. The van der Waals surface area contributed by atoms with Crippen molar-refractivity contribution in [3.05, 3.63) is 66.5 Å². The number of benzene rings is 1. The molecule has 0 saturated heterocycles. The first-order valence-corrected chi connectivity index (χ1v) is 5.96. The molecule has 0 aliphatic heterocycles. The maximum Gasteiger partial charge on any atom is 0.137 e. The lowest BCUT2D eigenvalue weighted by atomic mass is 10.1. The van der Waals surface area contributed by atoms with Crippen LogP contribution in [-0.4, -0.2) is 9.38 Å². The average Bonchev–Trinajstić information content (AvgIpc) is 2.78. The summed E-state index contributed by atoms with van der Waals surface area (Å²) in [4.78, 5) is 4.68. The first-order valence-electron chi connectivity index (χ1n) is 5.96. The van der Waals surface area contributed by atoms with Gasteiger partial charge in [-0.15, -0.1) is 0 Å². The molecule has 0 aliphatic rings. The third-order valence-corrected chi connectivity index (χ3v) is 3.09. The second-order valence-corrected chi connectivity index (χ2v) is 4.34. The van der Waals surface area contributed by atoms with Gasteiger partial charge in [0.15, 0.2) is 0 Å². The minimum absolute atomic E-state index is 0.947. The van der Waals surface area contributed by atoms with Crippen molar-refractivity contribution in [1.82, 2.24) is 9.38 Å². The molecule has 2 heteroatoms. The minimum atomic E-state index is 0.947. The highest BCUT2D eigenvalue weighted by Gasteiger charge is 2.10. The van der Waals surface area contributed by atoms with Crippen LogP contribution < -0.4 is 0 Å². The number of nitrogens with zero attached hydrogens (tertiary/aromatic N) is 2. The third kappa shape index (κ3) is 1.63. The van der Waals surface area contributed by atoms with E-state index in [-0.39, 0.29) is 0 Å². The zero-order valence-electron chi connectivity index (χ0n) is 10.3. The van der Waals surface area contributed by atoms with Gasteiger partial charge in [-0.3, -0.25) is 4.40 Å². The van der Waals surface area contributed by atoms with E-state index in [2.05, 4.69) is 47.2 Å². The molecule has 2 aromatic heterocycles. The molecule has 0 saturated carbocycles. The summed E-state index contributed by atoms with van der Waals surface area (Å²) in [5, 5.41) is 0. The van der Waals surface area contributed by atoms with E-state index in [9.17, 15) is 0 Å². The summed E-state index contributed by atoms with van der Waals surface area (Å²) < 4.78 is 2.06. The standard InChI is InChI=1S/C16H14N2/c1-3-14-16(13-9-7-12(2)8-10-13)17-15-6-4-5-11-18(14)15/h3-11H,1H2,2H3. The average molecular weight is 234 g/mol.